The van der Waals surface area contributed by atoms with E-state index in [9.17, 15) is 14.7 Å². The molecule has 1 N–H and O–H groups in total. The highest BCUT2D eigenvalue weighted by atomic mass is 16.7. The van der Waals surface area contributed by atoms with E-state index >= 15 is 0 Å². The minimum absolute atomic E-state index is 0.121. The summed E-state index contributed by atoms with van der Waals surface area (Å²) < 4.78 is 17.7. The number of allylic oxidation sites excluding steroid dienone is 1. The van der Waals surface area contributed by atoms with E-state index in [1.807, 2.05) is 26.8 Å². The highest BCUT2D eigenvalue weighted by molar-refractivity contribution is 6.00. The van der Waals surface area contributed by atoms with Crippen molar-refractivity contribution >= 4 is 11.8 Å². The van der Waals surface area contributed by atoms with Gasteiger partial charge in [0, 0.05) is 24.3 Å². The minimum Gasteiger partial charge on any atom is -0.479 e. The van der Waals surface area contributed by atoms with Crippen LogP contribution in [-0.4, -0.2) is 40.5 Å². The van der Waals surface area contributed by atoms with Crippen molar-refractivity contribution in [3.8, 4) is 0 Å². The van der Waals surface area contributed by atoms with Crippen molar-refractivity contribution in [3.05, 3.63) is 23.5 Å². The number of hydrogen-bond acceptors (Lipinski definition) is 6. The van der Waals surface area contributed by atoms with E-state index in [1.165, 1.54) is 6.08 Å². The van der Waals surface area contributed by atoms with E-state index in [4.69, 9.17) is 14.2 Å². The smallest absolute Gasteiger partial charge is 0.318 e. The van der Waals surface area contributed by atoms with Gasteiger partial charge in [-0.15, -0.1) is 0 Å². The zero-order valence-electron chi connectivity index (χ0n) is 15.2. The highest BCUT2D eigenvalue weighted by Gasteiger charge is 2.74. The molecule has 0 amide bonds. The van der Waals surface area contributed by atoms with Crippen molar-refractivity contribution in [1.29, 1.82) is 0 Å². The zero-order valence-corrected chi connectivity index (χ0v) is 15.2. The molecule has 0 saturated carbocycles. The van der Waals surface area contributed by atoms with Crippen LogP contribution >= 0.6 is 0 Å². The monoisotopic (exact) mass is 348 g/mol. The van der Waals surface area contributed by atoms with Gasteiger partial charge in [0.2, 0.25) is 5.78 Å². The number of aliphatic hydroxyl groups is 1. The number of fused-ring (bicyclic) bond motifs is 2. The Morgan fingerprint density at radius 1 is 1.28 bits per heavy atom. The van der Waals surface area contributed by atoms with Gasteiger partial charge in [0.25, 0.3) is 0 Å². The van der Waals surface area contributed by atoms with E-state index in [0.29, 0.717) is 5.76 Å². The average molecular weight is 348 g/mol. The Hall–Kier alpha value is -1.66. The molecule has 2 bridgehead atoms. The fourth-order valence-corrected chi connectivity index (χ4v) is 4.86. The van der Waals surface area contributed by atoms with Crippen molar-refractivity contribution in [2.45, 2.75) is 64.6 Å². The van der Waals surface area contributed by atoms with Crippen LogP contribution in [0, 0.1) is 17.3 Å². The summed E-state index contributed by atoms with van der Waals surface area (Å²) in [5, 5.41) is 11.3. The van der Waals surface area contributed by atoms with Crippen molar-refractivity contribution in [3.63, 3.8) is 0 Å². The standard InChI is InChI=1S/C19H24O6/c1-9(2)19(22)18(5)15-12(23-16(18)21)6-10(3)11-7-14(20)17(4,24-11)8-13(15)25-19/h6-7,9,12-13,15,22H,8H2,1-5H3/b10-6-/t12-,13-,15-,17-,18+,19-/m1/s1. The number of ketones is 1. The predicted octanol–water partition coefficient (Wildman–Crippen LogP) is 1.87. The van der Waals surface area contributed by atoms with Crippen LogP contribution in [0.1, 0.15) is 41.0 Å². The molecule has 0 aromatic heterocycles. The van der Waals surface area contributed by atoms with E-state index in [-0.39, 0.29) is 24.0 Å². The second kappa shape index (κ2) is 4.74. The summed E-state index contributed by atoms with van der Waals surface area (Å²) in [7, 11) is 0. The maximum atomic E-state index is 12.8. The molecule has 4 rings (SSSR count). The van der Waals surface area contributed by atoms with Crippen molar-refractivity contribution in [2.75, 3.05) is 0 Å². The van der Waals surface area contributed by atoms with E-state index in [1.54, 1.807) is 13.8 Å². The summed E-state index contributed by atoms with van der Waals surface area (Å²) >= 11 is 0. The third-order valence-electron chi connectivity index (χ3n) is 6.46. The summed E-state index contributed by atoms with van der Waals surface area (Å²) in [4.78, 5) is 25.3. The quantitative estimate of drug-likeness (QED) is 0.729. The van der Waals surface area contributed by atoms with Gasteiger partial charge in [0.05, 0.1) is 6.10 Å². The number of esters is 1. The van der Waals surface area contributed by atoms with Gasteiger partial charge in [-0.2, -0.15) is 0 Å². The van der Waals surface area contributed by atoms with Crippen LogP contribution < -0.4 is 0 Å². The lowest BCUT2D eigenvalue weighted by Crippen LogP contribution is -2.52. The molecule has 25 heavy (non-hydrogen) atoms. The molecular weight excluding hydrogens is 324 g/mol. The molecule has 4 heterocycles. The second-order valence-corrected chi connectivity index (χ2v) is 8.37. The van der Waals surface area contributed by atoms with Gasteiger partial charge in [-0.05, 0) is 32.4 Å². The molecule has 2 fully saturated rings. The Morgan fingerprint density at radius 2 is 1.96 bits per heavy atom. The number of carbonyl (C=O) groups is 2. The first-order valence-electron chi connectivity index (χ1n) is 8.78. The molecule has 4 aliphatic rings. The van der Waals surface area contributed by atoms with Crippen LogP contribution in [-0.2, 0) is 23.8 Å². The van der Waals surface area contributed by atoms with Gasteiger partial charge in [-0.3, -0.25) is 9.59 Å². The van der Waals surface area contributed by atoms with Crippen LogP contribution in [0.5, 0.6) is 0 Å². The van der Waals surface area contributed by atoms with Crippen LogP contribution in [0.4, 0.5) is 0 Å². The molecule has 6 atom stereocenters. The molecule has 0 aromatic rings. The van der Waals surface area contributed by atoms with Gasteiger partial charge in [0.1, 0.15) is 17.3 Å². The Kier molecular flexibility index (Phi) is 3.18. The Bertz CT molecular complexity index is 736. The number of rotatable bonds is 1. The fraction of sp³-hybridized carbons (Fsp3) is 0.684. The lowest BCUT2D eigenvalue weighted by molar-refractivity contribution is -0.264. The summed E-state index contributed by atoms with van der Waals surface area (Å²) in [6.45, 7) is 8.91. The first kappa shape index (κ1) is 16.8. The Balaban J connectivity index is 1.89. The summed E-state index contributed by atoms with van der Waals surface area (Å²) in [5.41, 5.74) is -1.50. The molecule has 136 valence electrons. The summed E-state index contributed by atoms with van der Waals surface area (Å²) in [5.74, 6) is -2.41. The van der Waals surface area contributed by atoms with Gasteiger partial charge in [-0.25, -0.2) is 0 Å². The third kappa shape index (κ3) is 1.87. The first-order chi connectivity index (χ1) is 11.5. The van der Waals surface area contributed by atoms with Crippen LogP contribution in [0.3, 0.4) is 0 Å². The highest BCUT2D eigenvalue weighted by Crippen LogP contribution is 2.60. The molecule has 0 aromatic carbocycles. The SMILES string of the molecule is C/C1=C/[C@H]2OC(=O)[C@]3(C)[C@H]2[C@@H](C[C@@]2(C)OC1=CC2=O)O[C@]3(O)C(C)C. The van der Waals surface area contributed by atoms with Gasteiger partial charge < -0.3 is 19.3 Å². The zero-order chi connectivity index (χ0) is 18.4. The first-order valence-corrected chi connectivity index (χ1v) is 8.78. The van der Waals surface area contributed by atoms with Crippen molar-refractivity contribution in [2.24, 2.45) is 17.3 Å². The van der Waals surface area contributed by atoms with Crippen LogP contribution in [0.15, 0.2) is 23.5 Å². The second-order valence-electron chi connectivity index (χ2n) is 8.37. The van der Waals surface area contributed by atoms with E-state index < -0.39 is 35.0 Å². The van der Waals surface area contributed by atoms with Gasteiger partial charge >= 0.3 is 5.97 Å². The van der Waals surface area contributed by atoms with Gasteiger partial charge in [0.15, 0.2) is 11.4 Å². The Labute approximate surface area is 146 Å². The average Bonchev–Trinajstić information content (AvgIpc) is 3.03. The van der Waals surface area contributed by atoms with Crippen molar-refractivity contribution < 1.29 is 28.9 Å². The molecule has 2 saturated heterocycles. The molecule has 6 heteroatoms. The maximum absolute atomic E-state index is 12.8. The third-order valence-corrected chi connectivity index (χ3v) is 6.46. The molecular formula is C19H24O6. The largest absolute Gasteiger partial charge is 0.479 e. The molecule has 0 aliphatic carbocycles. The molecule has 4 aliphatic heterocycles. The normalized spacial score (nSPS) is 50.3. The Morgan fingerprint density at radius 3 is 2.60 bits per heavy atom. The maximum Gasteiger partial charge on any atom is 0.318 e. The van der Waals surface area contributed by atoms with Gasteiger partial charge in [-0.1, -0.05) is 13.8 Å². The molecule has 6 nitrogen and oxygen atoms in total. The molecule has 0 radical (unpaired) electrons. The number of hydrogen-bond donors (Lipinski definition) is 1. The predicted molar refractivity (Wildman–Crippen MR) is 87.1 cm³/mol. The summed E-state index contributed by atoms with van der Waals surface area (Å²) in [6, 6.07) is 0. The minimum atomic E-state index is -1.65. The lowest BCUT2D eigenvalue weighted by Gasteiger charge is -2.37. The topological polar surface area (TPSA) is 82.1 Å². The number of carbonyl (C=O) groups excluding carboxylic acids is 2. The van der Waals surface area contributed by atoms with Crippen LogP contribution in [0.2, 0.25) is 0 Å². The van der Waals surface area contributed by atoms with Crippen molar-refractivity contribution in [1.82, 2.24) is 0 Å². The molecule has 0 unspecified atom stereocenters. The lowest BCUT2D eigenvalue weighted by atomic mass is 9.66. The molecule has 0 spiro atoms. The van der Waals surface area contributed by atoms with Crippen LogP contribution in [0.25, 0.3) is 0 Å². The fourth-order valence-electron chi connectivity index (χ4n) is 4.86. The number of ether oxygens (including phenoxy) is 3. The van der Waals surface area contributed by atoms with E-state index in [0.717, 1.165) is 5.57 Å². The van der Waals surface area contributed by atoms with E-state index in [2.05, 4.69) is 0 Å². The summed E-state index contributed by atoms with van der Waals surface area (Å²) in [6.07, 6.45) is 2.52.